The Balaban J connectivity index is 1.48. The van der Waals surface area contributed by atoms with Crippen molar-refractivity contribution in [2.24, 2.45) is 0 Å². The zero-order chi connectivity index (χ0) is 20.8. The molecule has 0 radical (unpaired) electrons. The Morgan fingerprint density at radius 1 is 1.00 bits per heavy atom. The van der Waals surface area contributed by atoms with E-state index in [0.29, 0.717) is 12.1 Å². The van der Waals surface area contributed by atoms with Gasteiger partial charge in [-0.1, -0.05) is 30.3 Å². The average Bonchev–Trinajstić information content (AvgIpc) is 3.49. The number of tetrazole rings is 1. The molecule has 2 aromatic carbocycles. The maximum Gasteiger partial charge on any atom is 0.287 e. The van der Waals surface area contributed by atoms with Crippen LogP contribution in [0.5, 0.6) is 0 Å². The SMILES string of the molecule is O=C(N[C@H](Cc1ccccc1)C(=O)Nc1ccc(-n2cnnn2)cc1)c1ccco1. The van der Waals surface area contributed by atoms with E-state index < -0.39 is 11.9 Å². The Bertz CT molecular complexity index is 1090. The van der Waals surface area contributed by atoms with Crippen LogP contribution < -0.4 is 10.6 Å². The second kappa shape index (κ2) is 8.82. The molecule has 2 heterocycles. The molecule has 2 N–H and O–H groups in total. The van der Waals surface area contributed by atoms with Crippen LogP contribution in [0, 0.1) is 0 Å². The molecule has 2 aromatic heterocycles. The molecule has 4 rings (SSSR count). The molecule has 0 saturated carbocycles. The lowest BCUT2D eigenvalue weighted by Crippen LogP contribution is -2.45. The van der Waals surface area contributed by atoms with Crippen LogP contribution in [-0.4, -0.2) is 38.1 Å². The topological polar surface area (TPSA) is 115 Å². The van der Waals surface area contributed by atoms with Crippen molar-refractivity contribution in [3.63, 3.8) is 0 Å². The first-order valence-corrected chi connectivity index (χ1v) is 9.21. The van der Waals surface area contributed by atoms with Gasteiger partial charge in [0.05, 0.1) is 12.0 Å². The van der Waals surface area contributed by atoms with Gasteiger partial charge in [0, 0.05) is 12.1 Å². The summed E-state index contributed by atoms with van der Waals surface area (Å²) < 4.78 is 6.64. The Kier molecular flexibility index (Phi) is 5.61. The molecule has 0 aliphatic heterocycles. The van der Waals surface area contributed by atoms with Crippen LogP contribution in [-0.2, 0) is 11.2 Å². The Morgan fingerprint density at radius 2 is 1.80 bits per heavy atom. The fourth-order valence-electron chi connectivity index (χ4n) is 2.90. The minimum Gasteiger partial charge on any atom is -0.459 e. The fraction of sp³-hybridized carbons (Fsp3) is 0.0952. The Morgan fingerprint density at radius 3 is 2.47 bits per heavy atom. The summed E-state index contributed by atoms with van der Waals surface area (Å²) >= 11 is 0. The molecule has 0 aliphatic rings. The van der Waals surface area contributed by atoms with E-state index in [2.05, 4.69) is 26.2 Å². The number of aromatic nitrogens is 4. The van der Waals surface area contributed by atoms with E-state index in [9.17, 15) is 9.59 Å². The minimum absolute atomic E-state index is 0.145. The highest BCUT2D eigenvalue weighted by Gasteiger charge is 2.23. The average molecular weight is 402 g/mol. The predicted molar refractivity (Wildman–Crippen MR) is 108 cm³/mol. The van der Waals surface area contributed by atoms with E-state index >= 15 is 0 Å². The lowest BCUT2D eigenvalue weighted by molar-refractivity contribution is -0.118. The number of carbonyl (C=O) groups excluding carboxylic acids is 2. The van der Waals surface area contributed by atoms with Gasteiger partial charge in [-0.15, -0.1) is 5.10 Å². The lowest BCUT2D eigenvalue weighted by Gasteiger charge is -2.18. The Hall–Kier alpha value is -4.27. The van der Waals surface area contributed by atoms with E-state index in [4.69, 9.17) is 4.42 Å². The number of hydrogen-bond donors (Lipinski definition) is 2. The largest absolute Gasteiger partial charge is 0.459 e. The molecule has 0 aliphatic carbocycles. The molecule has 0 bridgehead atoms. The molecular weight excluding hydrogens is 384 g/mol. The third-order valence-electron chi connectivity index (χ3n) is 4.40. The summed E-state index contributed by atoms with van der Waals surface area (Å²) in [7, 11) is 0. The van der Waals surface area contributed by atoms with Crippen LogP contribution >= 0.6 is 0 Å². The minimum atomic E-state index is -0.788. The molecule has 0 fully saturated rings. The van der Waals surface area contributed by atoms with E-state index in [1.54, 1.807) is 36.4 Å². The van der Waals surface area contributed by atoms with Crippen molar-refractivity contribution in [3.8, 4) is 5.69 Å². The first kappa shape index (κ1) is 19.1. The molecule has 150 valence electrons. The lowest BCUT2D eigenvalue weighted by atomic mass is 10.0. The highest BCUT2D eigenvalue weighted by atomic mass is 16.3. The van der Waals surface area contributed by atoms with Gasteiger partial charge in [-0.3, -0.25) is 9.59 Å². The molecule has 0 saturated heterocycles. The number of nitrogens with one attached hydrogen (secondary N) is 2. The van der Waals surface area contributed by atoms with Crippen molar-refractivity contribution >= 4 is 17.5 Å². The molecule has 1 atom stereocenters. The number of amides is 2. The summed E-state index contributed by atoms with van der Waals surface area (Å²) in [6.07, 6.45) is 3.23. The molecule has 2 amide bonds. The third kappa shape index (κ3) is 4.58. The molecule has 30 heavy (non-hydrogen) atoms. The van der Waals surface area contributed by atoms with E-state index in [0.717, 1.165) is 11.3 Å². The van der Waals surface area contributed by atoms with Gasteiger partial charge in [0.2, 0.25) is 5.91 Å². The summed E-state index contributed by atoms with van der Waals surface area (Å²) in [5.41, 5.74) is 2.26. The Labute approximate surface area is 171 Å². The van der Waals surface area contributed by atoms with Crippen LogP contribution in [0.4, 0.5) is 5.69 Å². The van der Waals surface area contributed by atoms with Gasteiger partial charge >= 0.3 is 0 Å². The van der Waals surface area contributed by atoms with Gasteiger partial charge in [0.25, 0.3) is 5.91 Å². The second-order valence-corrected chi connectivity index (χ2v) is 6.48. The normalized spacial score (nSPS) is 11.6. The number of benzene rings is 2. The zero-order valence-corrected chi connectivity index (χ0v) is 15.8. The van der Waals surface area contributed by atoms with Crippen LogP contribution in [0.2, 0.25) is 0 Å². The van der Waals surface area contributed by atoms with Crippen molar-refractivity contribution in [2.45, 2.75) is 12.5 Å². The van der Waals surface area contributed by atoms with E-state index in [1.807, 2.05) is 30.3 Å². The van der Waals surface area contributed by atoms with Gasteiger partial charge in [-0.05, 0) is 52.4 Å². The van der Waals surface area contributed by atoms with Crippen molar-refractivity contribution < 1.29 is 14.0 Å². The number of rotatable bonds is 7. The van der Waals surface area contributed by atoms with Crippen LogP contribution in [0.3, 0.4) is 0 Å². The second-order valence-electron chi connectivity index (χ2n) is 6.48. The number of anilines is 1. The van der Waals surface area contributed by atoms with Gasteiger partial charge < -0.3 is 15.1 Å². The predicted octanol–water partition coefficient (Wildman–Crippen LogP) is 2.24. The zero-order valence-electron chi connectivity index (χ0n) is 15.8. The number of furan rings is 1. The van der Waals surface area contributed by atoms with E-state index in [1.165, 1.54) is 17.3 Å². The fourth-order valence-corrected chi connectivity index (χ4v) is 2.90. The van der Waals surface area contributed by atoms with Gasteiger partial charge in [0.1, 0.15) is 12.4 Å². The van der Waals surface area contributed by atoms with Crippen molar-refractivity contribution in [2.75, 3.05) is 5.32 Å². The number of hydrogen-bond acceptors (Lipinski definition) is 6. The molecular formula is C21H18N6O3. The van der Waals surface area contributed by atoms with Crippen molar-refractivity contribution in [1.82, 2.24) is 25.5 Å². The summed E-state index contributed by atoms with van der Waals surface area (Å²) in [6.45, 7) is 0. The summed E-state index contributed by atoms with van der Waals surface area (Å²) in [5.74, 6) is -0.648. The summed E-state index contributed by atoms with van der Waals surface area (Å²) in [6, 6.07) is 18.9. The first-order valence-electron chi connectivity index (χ1n) is 9.21. The van der Waals surface area contributed by atoms with Crippen molar-refractivity contribution in [1.29, 1.82) is 0 Å². The summed E-state index contributed by atoms with van der Waals surface area (Å²) in [4.78, 5) is 25.4. The standard InChI is InChI=1S/C21H18N6O3/c28-20(23-16-8-10-17(11-9-16)27-14-22-25-26-27)18(13-15-5-2-1-3-6-15)24-21(29)19-7-4-12-30-19/h1-12,14,18H,13H2,(H,23,28)(H,24,29)/t18-/m1/s1. The summed E-state index contributed by atoms with van der Waals surface area (Å²) in [5, 5.41) is 16.6. The highest BCUT2D eigenvalue weighted by molar-refractivity contribution is 6.00. The molecule has 9 heteroatoms. The monoisotopic (exact) mass is 402 g/mol. The maximum absolute atomic E-state index is 12.9. The molecule has 0 unspecified atom stereocenters. The first-order chi connectivity index (χ1) is 14.7. The van der Waals surface area contributed by atoms with Gasteiger partial charge in [-0.2, -0.15) is 0 Å². The van der Waals surface area contributed by atoms with Crippen molar-refractivity contribution in [3.05, 3.63) is 90.6 Å². The van der Waals surface area contributed by atoms with Crippen LogP contribution in [0.25, 0.3) is 5.69 Å². The molecule has 0 spiro atoms. The van der Waals surface area contributed by atoms with E-state index in [-0.39, 0.29) is 11.7 Å². The number of carbonyl (C=O) groups is 2. The molecule has 9 nitrogen and oxygen atoms in total. The molecule has 4 aromatic rings. The van der Waals surface area contributed by atoms with Gasteiger partial charge in [-0.25, -0.2) is 4.68 Å². The van der Waals surface area contributed by atoms with Gasteiger partial charge in [0.15, 0.2) is 5.76 Å². The quantitative estimate of drug-likeness (QED) is 0.490. The number of nitrogens with zero attached hydrogens (tertiary/aromatic N) is 4. The van der Waals surface area contributed by atoms with Crippen LogP contribution in [0.1, 0.15) is 16.1 Å². The maximum atomic E-state index is 12.9. The highest BCUT2D eigenvalue weighted by Crippen LogP contribution is 2.14. The van der Waals surface area contributed by atoms with Crippen LogP contribution in [0.15, 0.2) is 83.7 Å². The third-order valence-corrected chi connectivity index (χ3v) is 4.40. The smallest absolute Gasteiger partial charge is 0.287 e.